The summed E-state index contributed by atoms with van der Waals surface area (Å²) >= 11 is 5.38. The molecule has 5 nitrogen and oxygen atoms in total. The number of primary amides is 1. The molecule has 0 fully saturated rings. The largest absolute Gasteiger partial charge is 0.464 e. The second-order valence-electron chi connectivity index (χ2n) is 2.82. The van der Waals surface area contributed by atoms with Crippen molar-refractivity contribution in [1.29, 1.82) is 0 Å². The molecule has 0 rings (SSSR count). The van der Waals surface area contributed by atoms with Gasteiger partial charge in [-0.25, -0.2) is 0 Å². The van der Waals surface area contributed by atoms with Crippen LogP contribution in [-0.4, -0.2) is 30.4 Å². The minimum atomic E-state index is -0.780. The molecule has 14 heavy (non-hydrogen) atoms. The third kappa shape index (κ3) is 6.68. The second kappa shape index (κ2) is 7.58. The normalized spacial score (nSPS) is 12.1. The van der Waals surface area contributed by atoms with E-state index in [4.69, 9.17) is 27.8 Å². The van der Waals surface area contributed by atoms with E-state index in [1.54, 1.807) is 0 Å². The zero-order chi connectivity index (χ0) is 11.0. The first kappa shape index (κ1) is 13.2. The maximum Gasteiger partial charge on any atom is 0.322 e. The molecule has 0 spiro atoms. The number of hydrogen-bond donors (Lipinski definition) is 2. The molecule has 0 aromatic rings. The van der Waals surface area contributed by atoms with Gasteiger partial charge in [0.15, 0.2) is 0 Å². The highest BCUT2D eigenvalue weighted by Gasteiger charge is 2.15. The Balaban J connectivity index is 3.59. The van der Waals surface area contributed by atoms with E-state index in [-0.39, 0.29) is 19.4 Å². The van der Waals surface area contributed by atoms with Crippen LogP contribution in [0.4, 0.5) is 0 Å². The molecule has 82 valence electrons. The lowest BCUT2D eigenvalue weighted by molar-refractivity contribution is -0.145. The number of ether oxygens (including phenoxy) is 1. The number of amides is 1. The monoisotopic (exact) mass is 222 g/mol. The Hall–Kier alpha value is -0.810. The van der Waals surface area contributed by atoms with Gasteiger partial charge < -0.3 is 16.2 Å². The summed E-state index contributed by atoms with van der Waals surface area (Å²) in [6, 6.07) is -0.780. The third-order valence-corrected chi connectivity index (χ3v) is 1.79. The fourth-order valence-electron chi connectivity index (χ4n) is 0.750. The highest BCUT2D eigenvalue weighted by atomic mass is 35.5. The van der Waals surface area contributed by atoms with Crippen LogP contribution in [-0.2, 0) is 14.3 Å². The molecular weight excluding hydrogens is 208 g/mol. The van der Waals surface area contributed by atoms with Gasteiger partial charge >= 0.3 is 5.97 Å². The number of rotatable bonds is 7. The molecular formula is C8H15ClN2O3. The quantitative estimate of drug-likeness (QED) is 0.353. The zero-order valence-electron chi connectivity index (χ0n) is 7.87. The van der Waals surface area contributed by atoms with Crippen LogP contribution in [0.1, 0.15) is 19.3 Å². The van der Waals surface area contributed by atoms with Crippen molar-refractivity contribution in [2.45, 2.75) is 25.3 Å². The summed E-state index contributed by atoms with van der Waals surface area (Å²) in [5.41, 5.74) is 10.3. The number of nitrogens with two attached hydrogens (primary N) is 2. The molecule has 0 unspecified atom stereocenters. The average Bonchev–Trinajstić information content (AvgIpc) is 2.14. The van der Waals surface area contributed by atoms with E-state index in [1.807, 2.05) is 0 Å². The van der Waals surface area contributed by atoms with Crippen LogP contribution in [0.3, 0.4) is 0 Å². The number of carbonyl (C=O) groups is 2. The minimum Gasteiger partial charge on any atom is -0.464 e. The first-order valence-corrected chi connectivity index (χ1v) is 4.88. The number of alkyl halides is 1. The average molecular weight is 223 g/mol. The lowest BCUT2D eigenvalue weighted by Crippen LogP contribution is -2.33. The maximum absolute atomic E-state index is 11.1. The van der Waals surface area contributed by atoms with E-state index in [2.05, 4.69) is 0 Å². The van der Waals surface area contributed by atoms with Gasteiger partial charge in [0.05, 0.1) is 6.61 Å². The fourth-order valence-corrected chi connectivity index (χ4v) is 0.859. The van der Waals surface area contributed by atoms with Crippen molar-refractivity contribution in [3.8, 4) is 0 Å². The smallest absolute Gasteiger partial charge is 0.322 e. The number of carbonyl (C=O) groups excluding carboxylic acids is 2. The zero-order valence-corrected chi connectivity index (χ0v) is 8.63. The van der Waals surface area contributed by atoms with Gasteiger partial charge in [-0.15, -0.1) is 11.6 Å². The van der Waals surface area contributed by atoms with Crippen LogP contribution >= 0.6 is 11.6 Å². The molecule has 0 heterocycles. The van der Waals surface area contributed by atoms with E-state index in [0.717, 1.165) is 0 Å². The summed E-state index contributed by atoms with van der Waals surface area (Å²) in [4.78, 5) is 21.5. The predicted octanol–water partition coefficient (Wildman–Crippen LogP) is -0.249. The Bertz CT molecular complexity index is 199. The van der Waals surface area contributed by atoms with Crippen molar-refractivity contribution in [2.75, 3.05) is 12.5 Å². The van der Waals surface area contributed by atoms with Crippen molar-refractivity contribution >= 4 is 23.5 Å². The highest BCUT2D eigenvalue weighted by Crippen LogP contribution is 1.97. The molecule has 0 saturated heterocycles. The lowest BCUT2D eigenvalue weighted by Gasteiger charge is -2.09. The molecule has 0 aliphatic carbocycles. The molecule has 0 bridgehead atoms. The summed E-state index contributed by atoms with van der Waals surface area (Å²) in [7, 11) is 0. The van der Waals surface area contributed by atoms with Gasteiger partial charge in [-0.05, 0) is 12.8 Å². The van der Waals surface area contributed by atoms with Gasteiger partial charge in [-0.2, -0.15) is 0 Å². The van der Waals surface area contributed by atoms with E-state index in [1.165, 1.54) is 0 Å². The molecule has 4 N–H and O–H groups in total. The van der Waals surface area contributed by atoms with E-state index >= 15 is 0 Å². The molecule has 0 aliphatic heterocycles. The standard InChI is InChI=1S/C8H15ClN2O3/c9-4-1-5-14-8(13)6(10)2-3-7(11)12/h6H,1-5,10H2,(H2,11,12)/t6-/m0/s1. The summed E-state index contributed by atoms with van der Waals surface area (Å²) in [5, 5.41) is 0. The van der Waals surface area contributed by atoms with Crippen molar-refractivity contribution in [3.63, 3.8) is 0 Å². The first-order chi connectivity index (χ1) is 6.57. The molecule has 0 aliphatic rings. The van der Waals surface area contributed by atoms with E-state index in [9.17, 15) is 9.59 Å². The molecule has 0 radical (unpaired) electrons. The topological polar surface area (TPSA) is 95.4 Å². The van der Waals surface area contributed by atoms with Gasteiger partial charge in [0, 0.05) is 12.3 Å². The lowest BCUT2D eigenvalue weighted by atomic mass is 10.1. The van der Waals surface area contributed by atoms with Crippen LogP contribution in [0.25, 0.3) is 0 Å². The Morgan fingerprint density at radius 2 is 2.07 bits per heavy atom. The van der Waals surface area contributed by atoms with Gasteiger partial charge in [0.1, 0.15) is 6.04 Å². The highest BCUT2D eigenvalue weighted by molar-refractivity contribution is 6.17. The molecule has 0 aromatic heterocycles. The van der Waals surface area contributed by atoms with E-state index < -0.39 is 17.9 Å². The molecule has 0 aromatic carbocycles. The Morgan fingerprint density at radius 1 is 1.43 bits per heavy atom. The van der Waals surface area contributed by atoms with Crippen molar-refractivity contribution < 1.29 is 14.3 Å². The number of esters is 1. The van der Waals surface area contributed by atoms with Crippen LogP contribution < -0.4 is 11.5 Å². The van der Waals surface area contributed by atoms with E-state index in [0.29, 0.717) is 12.3 Å². The maximum atomic E-state index is 11.1. The van der Waals surface area contributed by atoms with Crippen LogP contribution in [0, 0.1) is 0 Å². The molecule has 1 atom stereocenters. The summed E-state index contributed by atoms with van der Waals surface area (Å²) in [5.74, 6) is -0.561. The summed E-state index contributed by atoms with van der Waals surface area (Å²) < 4.78 is 4.78. The van der Waals surface area contributed by atoms with Crippen LogP contribution in [0.15, 0.2) is 0 Å². The van der Waals surface area contributed by atoms with Gasteiger partial charge in [0.25, 0.3) is 0 Å². The number of hydrogen-bond acceptors (Lipinski definition) is 4. The molecule has 1 amide bonds. The minimum absolute atomic E-state index is 0.0891. The van der Waals surface area contributed by atoms with Crippen molar-refractivity contribution in [2.24, 2.45) is 11.5 Å². The first-order valence-electron chi connectivity index (χ1n) is 4.34. The van der Waals surface area contributed by atoms with Crippen LogP contribution in [0.2, 0.25) is 0 Å². The molecule has 6 heteroatoms. The summed E-state index contributed by atoms with van der Waals surface area (Å²) in [6.45, 7) is 0.257. The van der Waals surface area contributed by atoms with Crippen molar-refractivity contribution in [3.05, 3.63) is 0 Å². The molecule has 0 saturated carbocycles. The van der Waals surface area contributed by atoms with Gasteiger partial charge in [-0.1, -0.05) is 0 Å². The van der Waals surface area contributed by atoms with Gasteiger partial charge in [-0.3, -0.25) is 9.59 Å². The Labute approximate surface area is 87.7 Å². The Kier molecular flexibility index (Phi) is 7.14. The van der Waals surface area contributed by atoms with Gasteiger partial charge in [0.2, 0.25) is 5.91 Å². The number of halogens is 1. The Morgan fingerprint density at radius 3 is 2.57 bits per heavy atom. The fraction of sp³-hybridized carbons (Fsp3) is 0.750. The third-order valence-electron chi connectivity index (χ3n) is 1.53. The second-order valence-corrected chi connectivity index (χ2v) is 3.20. The predicted molar refractivity (Wildman–Crippen MR) is 52.7 cm³/mol. The van der Waals surface area contributed by atoms with Crippen LogP contribution in [0.5, 0.6) is 0 Å². The summed E-state index contributed by atoms with van der Waals surface area (Å²) in [6.07, 6.45) is 0.899. The SMILES string of the molecule is NC(=O)CC[C@H](N)C(=O)OCCCCl. The van der Waals surface area contributed by atoms with Crippen molar-refractivity contribution in [1.82, 2.24) is 0 Å².